The molecule has 2 atom stereocenters. The second-order valence-corrected chi connectivity index (χ2v) is 10.8. The number of aryl methyl sites for hydroxylation is 1. The topological polar surface area (TPSA) is 90.9 Å². The van der Waals surface area contributed by atoms with Gasteiger partial charge in [-0.15, -0.1) is 0 Å². The molecule has 0 unspecified atom stereocenters. The molecule has 0 spiro atoms. The van der Waals surface area contributed by atoms with E-state index in [4.69, 9.17) is 0 Å². The highest BCUT2D eigenvalue weighted by molar-refractivity contribution is 5.79. The minimum atomic E-state index is -1.40. The first-order valence-electron chi connectivity index (χ1n) is 14.3. The predicted octanol–water partition coefficient (Wildman–Crippen LogP) is 4.62. The number of hydrogen-bond acceptors (Lipinski definition) is 5. The highest BCUT2D eigenvalue weighted by Crippen LogP contribution is 2.44. The van der Waals surface area contributed by atoms with Gasteiger partial charge in [-0.25, -0.2) is 9.18 Å². The molecular weight excluding hydrogens is 497 g/mol. The van der Waals surface area contributed by atoms with E-state index in [0.29, 0.717) is 43.6 Å². The van der Waals surface area contributed by atoms with E-state index in [0.717, 1.165) is 56.3 Å². The van der Waals surface area contributed by atoms with Gasteiger partial charge in [-0.3, -0.25) is 4.79 Å². The number of likely N-dealkylation sites (tertiary alicyclic amines) is 1. The van der Waals surface area contributed by atoms with Crippen molar-refractivity contribution in [1.29, 1.82) is 0 Å². The molecule has 0 radical (unpaired) electrons. The standard InChI is InChI=1S/C31H42FN3O4/c1-3-22-8-4-9-24(20-22)28-26(11-5-12-27(28)32)31(38,15-7-16-34-30(37)39-2)25-10-6-19-35(21-25)29(36)23-13-17-33-18-14-23/h4-5,8-9,11-12,20,23,25,33,38H,3,6-7,10,13-19,21H2,1-2H3,(H,34,37)/t25-,31+/m1/s1. The van der Waals surface area contributed by atoms with E-state index in [1.54, 1.807) is 6.07 Å². The number of aliphatic hydroxyl groups is 1. The Labute approximate surface area is 231 Å². The van der Waals surface area contributed by atoms with Crippen LogP contribution in [0.3, 0.4) is 0 Å². The fraction of sp³-hybridized carbons (Fsp3) is 0.548. The predicted molar refractivity (Wildman–Crippen MR) is 150 cm³/mol. The molecule has 2 aromatic rings. The van der Waals surface area contributed by atoms with Crippen molar-refractivity contribution >= 4 is 12.0 Å². The molecular formula is C31H42FN3O4. The van der Waals surface area contributed by atoms with Gasteiger partial charge in [0.25, 0.3) is 0 Å². The molecule has 0 aliphatic carbocycles. The summed E-state index contributed by atoms with van der Waals surface area (Å²) in [7, 11) is 1.31. The third-order valence-electron chi connectivity index (χ3n) is 8.39. The van der Waals surface area contributed by atoms with Gasteiger partial charge in [0.1, 0.15) is 5.82 Å². The maximum absolute atomic E-state index is 15.6. The van der Waals surface area contributed by atoms with Crippen LogP contribution in [0.2, 0.25) is 0 Å². The fourth-order valence-corrected chi connectivity index (χ4v) is 6.20. The smallest absolute Gasteiger partial charge is 0.406 e. The molecule has 212 valence electrons. The van der Waals surface area contributed by atoms with E-state index in [2.05, 4.69) is 22.3 Å². The van der Waals surface area contributed by atoms with Crippen molar-refractivity contribution in [3.8, 4) is 11.1 Å². The highest BCUT2D eigenvalue weighted by atomic mass is 19.1. The van der Waals surface area contributed by atoms with E-state index in [1.165, 1.54) is 13.2 Å². The summed E-state index contributed by atoms with van der Waals surface area (Å²) >= 11 is 0. The monoisotopic (exact) mass is 539 g/mol. The van der Waals surface area contributed by atoms with E-state index in [1.807, 2.05) is 35.2 Å². The van der Waals surface area contributed by atoms with Crippen LogP contribution in [0.15, 0.2) is 42.5 Å². The lowest BCUT2D eigenvalue weighted by Crippen LogP contribution is -2.50. The second kappa shape index (κ2) is 13.4. The number of amides is 2. The second-order valence-electron chi connectivity index (χ2n) is 10.8. The number of hydrogen-bond donors (Lipinski definition) is 3. The number of benzene rings is 2. The molecule has 7 nitrogen and oxygen atoms in total. The Morgan fingerprint density at radius 1 is 1.18 bits per heavy atom. The molecule has 2 aliphatic rings. The summed E-state index contributed by atoms with van der Waals surface area (Å²) in [5, 5.41) is 18.6. The maximum Gasteiger partial charge on any atom is 0.406 e. The van der Waals surface area contributed by atoms with Crippen LogP contribution in [0.4, 0.5) is 9.18 Å². The average Bonchev–Trinajstić information content (AvgIpc) is 2.99. The normalized spacial score (nSPS) is 19.8. The van der Waals surface area contributed by atoms with E-state index in [-0.39, 0.29) is 23.6 Å². The van der Waals surface area contributed by atoms with E-state index < -0.39 is 11.7 Å². The van der Waals surface area contributed by atoms with Crippen molar-refractivity contribution in [2.75, 3.05) is 39.8 Å². The number of rotatable bonds is 9. The lowest BCUT2D eigenvalue weighted by molar-refractivity contribution is -0.141. The van der Waals surface area contributed by atoms with Crippen LogP contribution in [-0.2, 0) is 21.6 Å². The molecule has 2 aromatic carbocycles. The molecule has 2 heterocycles. The van der Waals surface area contributed by atoms with Gasteiger partial charge in [-0.05, 0) is 80.8 Å². The van der Waals surface area contributed by atoms with Gasteiger partial charge in [-0.1, -0.05) is 43.3 Å². The molecule has 39 heavy (non-hydrogen) atoms. The number of carbonyl (C=O) groups is 2. The Morgan fingerprint density at radius 3 is 2.69 bits per heavy atom. The Balaban J connectivity index is 1.68. The molecule has 0 saturated carbocycles. The lowest BCUT2D eigenvalue weighted by Gasteiger charge is -2.44. The molecule has 0 bridgehead atoms. The number of methoxy groups -OCH3 is 1. The largest absolute Gasteiger partial charge is 0.453 e. The van der Waals surface area contributed by atoms with Crippen LogP contribution in [0.1, 0.15) is 56.6 Å². The average molecular weight is 540 g/mol. The van der Waals surface area contributed by atoms with Crippen LogP contribution in [-0.4, -0.2) is 61.8 Å². The minimum Gasteiger partial charge on any atom is -0.453 e. The first-order chi connectivity index (χ1) is 18.9. The number of nitrogens with zero attached hydrogens (tertiary/aromatic N) is 1. The third kappa shape index (κ3) is 6.79. The van der Waals surface area contributed by atoms with Gasteiger partial charge in [0.05, 0.1) is 12.7 Å². The Hall–Kier alpha value is -2.97. The molecule has 2 aliphatic heterocycles. The summed E-state index contributed by atoms with van der Waals surface area (Å²) in [6.07, 6.45) is 4.21. The number of piperidine rings is 2. The summed E-state index contributed by atoms with van der Waals surface area (Å²) in [4.78, 5) is 27.0. The number of nitrogens with one attached hydrogen (secondary N) is 2. The first-order valence-corrected chi connectivity index (χ1v) is 14.3. The van der Waals surface area contributed by atoms with Crippen LogP contribution in [0.25, 0.3) is 11.1 Å². The van der Waals surface area contributed by atoms with Crippen molar-refractivity contribution < 1.29 is 23.8 Å². The highest BCUT2D eigenvalue weighted by Gasteiger charge is 2.43. The zero-order chi connectivity index (χ0) is 27.8. The summed E-state index contributed by atoms with van der Waals surface area (Å²) in [6.45, 7) is 5.16. The Morgan fingerprint density at radius 2 is 1.95 bits per heavy atom. The molecule has 3 N–H and O–H groups in total. The quantitative estimate of drug-likeness (QED) is 0.405. The molecule has 2 amide bonds. The molecule has 0 aromatic heterocycles. The maximum atomic E-state index is 15.6. The zero-order valence-corrected chi connectivity index (χ0v) is 23.2. The number of carbonyl (C=O) groups excluding carboxylic acids is 2. The van der Waals surface area contributed by atoms with Gasteiger partial charge in [0.15, 0.2) is 0 Å². The number of ether oxygens (including phenoxy) is 1. The van der Waals surface area contributed by atoms with Gasteiger partial charge in [0.2, 0.25) is 5.91 Å². The Bertz CT molecular complexity index is 1140. The van der Waals surface area contributed by atoms with Gasteiger partial charge < -0.3 is 25.4 Å². The van der Waals surface area contributed by atoms with Crippen molar-refractivity contribution in [2.24, 2.45) is 11.8 Å². The van der Waals surface area contributed by atoms with Crippen LogP contribution < -0.4 is 10.6 Å². The fourth-order valence-electron chi connectivity index (χ4n) is 6.20. The van der Waals surface area contributed by atoms with Crippen LogP contribution in [0.5, 0.6) is 0 Å². The summed E-state index contributed by atoms with van der Waals surface area (Å²) < 4.78 is 20.3. The molecule has 2 fully saturated rings. The zero-order valence-electron chi connectivity index (χ0n) is 23.2. The summed E-state index contributed by atoms with van der Waals surface area (Å²) in [5.74, 6) is -0.495. The molecule has 4 rings (SSSR count). The molecule has 8 heteroatoms. The van der Waals surface area contributed by atoms with E-state index >= 15 is 4.39 Å². The van der Waals surface area contributed by atoms with Crippen molar-refractivity contribution in [3.63, 3.8) is 0 Å². The first kappa shape index (κ1) is 29.0. The molecule has 2 saturated heterocycles. The number of halogens is 1. The van der Waals surface area contributed by atoms with Crippen molar-refractivity contribution in [2.45, 2.75) is 57.5 Å². The minimum absolute atomic E-state index is 0.00358. The van der Waals surface area contributed by atoms with Crippen LogP contribution in [0, 0.1) is 17.7 Å². The lowest BCUT2D eigenvalue weighted by atomic mass is 9.72. The summed E-state index contributed by atoms with van der Waals surface area (Å²) in [6, 6.07) is 12.7. The van der Waals surface area contributed by atoms with Gasteiger partial charge in [0, 0.05) is 37.0 Å². The summed E-state index contributed by atoms with van der Waals surface area (Å²) in [5.41, 5.74) is 1.36. The van der Waals surface area contributed by atoms with E-state index in [9.17, 15) is 14.7 Å². The van der Waals surface area contributed by atoms with Crippen LogP contribution >= 0.6 is 0 Å². The number of alkyl carbamates (subject to hydrolysis) is 1. The Kier molecular flexibility index (Phi) is 9.97. The van der Waals surface area contributed by atoms with Crippen molar-refractivity contribution in [1.82, 2.24) is 15.5 Å². The van der Waals surface area contributed by atoms with Gasteiger partial charge in [-0.2, -0.15) is 0 Å². The van der Waals surface area contributed by atoms with Crippen molar-refractivity contribution in [3.05, 3.63) is 59.4 Å². The third-order valence-corrected chi connectivity index (χ3v) is 8.39. The SMILES string of the molecule is CCc1cccc(-c2c(F)cccc2[C@](O)(CCCNC(=O)OC)[C@@H]2CCCN(C(=O)C3CCNCC3)C2)c1. The van der Waals surface area contributed by atoms with Gasteiger partial charge >= 0.3 is 6.09 Å².